The van der Waals surface area contributed by atoms with Crippen molar-refractivity contribution < 1.29 is 8.78 Å². The lowest BCUT2D eigenvalue weighted by molar-refractivity contribution is 0.510. The second-order valence-electron chi connectivity index (χ2n) is 3.84. The molecule has 0 bridgehead atoms. The summed E-state index contributed by atoms with van der Waals surface area (Å²) in [4.78, 5) is 0. The quantitative estimate of drug-likeness (QED) is 0.684. The van der Waals surface area contributed by atoms with E-state index in [1.165, 1.54) is 12.1 Å². The van der Waals surface area contributed by atoms with E-state index >= 15 is 0 Å². The molecule has 0 N–H and O–H groups in total. The Morgan fingerprint density at radius 3 is 2.53 bits per heavy atom. The van der Waals surface area contributed by atoms with Crippen LogP contribution in [0.2, 0.25) is 0 Å². The summed E-state index contributed by atoms with van der Waals surface area (Å²) < 4.78 is 25.9. The zero-order valence-electron chi connectivity index (χ0n) is 8.93. The van der Waals surface area contributed by atoms with Gasteiger partial charge in [-0.15, -0.1) is 11.6 Å². The Kier molecular flexibility index (Phi) is 4.52. The first-order valence-electron chi connectivity index (χ1n) is 5.12. The van der Waals surface area contributed by atoms with Crippen LogP contribution in [0, 0.1) is 17.6 Å². The SMILES string of the molecule is CCC(C)C(Cl)Cc1ccc(F)cc1F. The highest BCUT2D eigenvalue weighted by molar-refractivity contribution is 6.20. The van der Waals surface area contributed by atoms with E-state index in [9.17, 15) is 8.78 Å². The van der Waals surface area contributed by atoms with Gasteiger partial charge >= 0.3 is 0 Å². The third-order valence-electron chi connectivity index (χ3n) is 2.69. The van der Waals surface area contributed by atoms with E-state index in [2.05, 4.69) is 0 Å². The third-order valence-corrected chi connectivity index (χ3v) is 3.28. The van der Waals surface area contributed by atoms with Crippen molar-refractivity contribution in [3.63, 3.8) is 0 Å². The molecule has 2 unspecified atom stereocenters. The van der Waals surface area contributed by atoms with Crippen LogP contribution in [0.3, 0.4) is 0 Å². The predicted octanol–water partition coefficient (Wildman–Crippen LogP) is 4.16. The van der Waals surface area contributed by atoms with Crippen molar-refractivity contribution in [3.8, 4) is 0 Å². The average molecular weight is 233 g/mol. The highest BCUT2D eigenvalue weighted by Gasteiger charge is 2.15. The summed E-state index contributed by atoms with van der Waals surface area (Å²) in [5.74, 6) is -0.731. The van der Waals surface area contributed by atoms with Crippen LogP contribution in [0.1, 0.15) is 25.8 Å². The van der Waals surface area contributed by atoms with Gasteiger partial charge in [-0.2, -0.15) is 0 Å². The average Bonchev–Trinajstić information content (AvgIpc) is 2.20. The monoisotopic (exact) mass is 232 g/mol. The second-order valence-corrected chi connectivity index (χ2v) is 4.40. The lowest BCUT2D eigenvalue weighted by Crippen LogP contribution is -2.14. The standard InChI is InChI=1S/C12H15ClF2/c1-3-8(2)11(13)6-9-4-5-10(14)7-12(9)15/h4-5,7-8,11H,3,6H2,1-2H3. The van der Waals surface area contributed by atoms with Crippen molar-refractivity contribution >= 4 is 11.6 Å². The summed E-state index contributed by atoms with van der Waals surface area (Å²) in [6.45, 7) is 4.07. The molecule has 0 nitrogen and oxygen atoms in total. The van der Waals surface area contributed by atoms with E-state index in [0.29, 0.717) is 17.9 Å². The van der Waals surface area contributed by atoms with Gasteiger partial charge in [0.2, 0.25) is 0 Å². The van der Waals surface area contributed by atoms with E-state index in [0.717, 1.165) is 12.5 Å². The molecule has 0 aliphatic rings. The maximum Gasteiger partial charge on any atom is 0.129 e. The van der Waals surface area contributed by atoms with Crippen molar-refractivity contribution in [1.82, 2.24) is 0 Å². The van der Waals surface area contributed by atoms with Crippen LogP contribution < -0.4 is 0 Å². The van der Waals surface area contributed by atoms with E-state index < -0.39 is 11.6 Å². The number of hydrogen-bond acceptors (Lipinski definition) is 0. The molecule has 0 saturated heterocycles. The van der Waals surface area contributed by atoms with Crippen LogP contribution in [0.15, 0.2) is 18.2 Å². The summed E-state index contributed by atoms with van der Waals surface area (Å²) in [5.41, 5.74) is 0.483. The molecular formula is C12H15ClF2. The van der Waals surface area contributed by atoms with Crippen LogP contribution >= 0.6 is 11.6 Å². The number of benzene rings is 1. The summed E-state index contributed by atoms with van der Waals surface area (Å²) in [5, 5.41) is -0.102. The van der Waals surface area contributed by atoms with Gasteiger partial charge in [0.15, 0.2) is 0 Å². The fraction of sp³-hybridized carbons (Fsp3) is 0.500. The molecule has 1 aromatic carbocycles. The molecule has 0 aromatic heterocycles. The molecule has 0 aliphatic heterocycles. The van der Waals surface area contributed by atoms with Gasteiger partial charge in [0, 0.05) is 11.4 Å². The van der Waals surface area contributed by atoms with Crippen LogP contribution in [0.5, 0.6) is 0 Å². The minimum atomic E-state index is -0.550. The van der Waals surface area contributed by atoms with E-state index in [1.54, 1.807) is 0 Å². The van der Waals surface area contributed by atoms with Crippen molar-refractivity contribution in [2.75, 3.05) is 0 Å². The van der Waals surface area contributed by atoms with Crippen LogP contribution in [0.4, 0.5) is 8.78 Å². The van der Waals surface area contributed by atoms with Gasteiger partial charge in [-0.1, -0.05) is 26.3 Å². The van der Waals surface area contributed by atoms with E-state index in [4.69, 9.17) is 11.6 Å². The number of hydrogen-bond donors (Lipinski definition) is 0. The Labute approximate surface area is 94.3 Å². The molecule has 0 radical (unpaired) electrons. The number of alkyl halides is 1. The van der Waals surface area contributed by atoms with Crippen molar-refractivity contribution in [3.05, 3.63) is 35.4 Å². The van der Waals surface area contributed by atoms with Gasteiger partial charge < -0.3 is 0 Å². The molecule has 2 atom stereocenters. The normalized spacial score (nSPS) is 15.0. The summed E-state index contributed by atoms with van der Waals surface area (Å²) in [6.07, 6.45) is 1.40. The minimum absolute atomic E-state index is 0.102. The molecule has 1 rings (SSSR count). The molecule has 0 saturated carbocycles. The zero-order chi connectivity index (χ0) is 11.4. The zero-order valence-corrected chi connectivity index (χ0v) is 9.69. The minimum Gasteiger partial charge on any atom is -0.207 e. The smallest absolute Gasteiger partial charge is 0.129 e. The molecule has 0 aliphatic carbocycles. The lowest BCUT2D eigenvalue weighted by Gasteiger charge is -2.16. The molecule has 0 heterocycles. The first-order chi connectivity index (χ1) is 7.04. The Bertz CT molecular complexity index is 325. The van der Waals surface area contributed by atoms with Gasteiger partial charge in [-0.25, -0.2) is 8.78 Å². The highest BCUT2D eigenvalue weighted by atomic mass is 35.5. The molecule has 0 amide bonds. The topological polar surface area (TPSA) is 0 Å². The Balaban J connectivity index is 2.72. The second kappa shape index (κ2) is 5.45. The molecule has 84 valence electrons. The van der Waals surface area contributed by atoms with E-state index in [1.807, 2.05) is 13.8 Å². The number of rotatable bonds is 4. The molecule has 0 spiro atoms. The van der Waals surface area contributed by atoms with Crippen molar-refractivity contribution in [2.24, 2.45) is 5.92 Å². The Morgan fingerprint density at radius 1 is 1.33 bits per heavy atom. The van der Waals surface area contributed by atoms with Crippen LogP contribution in [-0.2, 0) is 6.42 Å². The van der Waals surface area contributed by atoms with Gasteiger partial charge in [0.1, 0.15) is 11.6 Å². The lowest BCUT2D eigenvalue weighted by atomic mass is 9.98. The number of halogens is 3. The molecule has 0 fully saturated rings. The van der Waals surface area contributed by atoms with Gasteiger partial charge in [0.05, 0.1) is 0 Å². The fourth-order valence-corrected chi connectivity index (χ4v) is 1.70. The summed E-state index contributed by atoms with van der Waals surface area (Å²) in [7, 11) is 0. The van der Waals surface area contributed by atoms with E-state index in [-0.39, 0.29) is 5.38 Å². The summed E-state index contributed by atoms with van der Waals surface area (Å²) in [6, 6.07) is 3.62. The fourth-order valence-electron chi connectivity index (χ4n) is 1.35. The van der Waals surface area contributed by atoms with Gasteiger partial charge in [0.25, 0.3) is 0 Å². The molecule has 1 aromatic rings. The molecular weight excluding hydrogens is 218 g/mol. The third kappa shape index (κ3) is 3.45. The maximum absolute atomic E-state index is 13.3. The van der Waals surface area contributed by atoms with Crippen LogP contribution in [0.25, 0.3) is 0 Å². The summed E-state index contributed by atoms with van der Waals surface area (Å²) >= 11 is 6.12. The van der Waals surface area contributed by atoms with Crippen molar-refractivity contribution in [1.29, 1.82) is 0 Å². The molecule has 3 heteroatoms. The first-order valence-corrected chi connectivity index (χ1v) is 5.56. The van der Waals surface area contributed by atoms with Gasteiger partial charge in [-0.3, -0.25) is 0 Å². The maximum atomic E-state index is 13.3. The van der Waals surface area contributed by atoms with Crippen LogP contribution in [-0.4, -0.2) is 5.38 Å². The molecule has 15 heavy (non-hydrogen) atoms. The Hall–Kier alpha value is -0.630. The van der Waals surface area contributed by atoms with Gasteiger partial charge in [-0.05, 0) is 24.0 Å². The van der Waals surface area contributed by atoms with Crippen molar-refractivity contribution in [2.45, 2.75) is 32.1 Å². The Morgan fingerprint density at radius 2 is 2.00 bits per heavy atom. The first kappa shape index (κ1) is 12.4. The highest BCUT2D eigenvalue weighted by Crippen LogP contribution is 2.20. The predicted molar refractivity (Wildman–Crippen MR) is 59.2 cm³/mol. The largest absolute Gasteiger partial charge is 0.207 e.